The molecule has 0 bridgehead atoms. The third-order valence-corrected chi connectivity index (χ3v) is 10.8. The van der Waals surface area contributed by atoms with Crippen LogP contribution in [-0.4, -0.2) is 85.6 Å². The van der Waals surface area contributed by atoms with E-state index in [1.165, 1.54) is 17.4 Å². The molecule has 0 radical (unpaired) electrons. The number of aromatic nitrogens is 3. The van der Waals surface area contributed by atoms with Crippen molar-refractivity contribution in [3.63, 3.8) is 0 Å². The molecule has 10 nitrogen and oxygen atoms in total. The summed E-state index contributed by atoms with van der Waals surface area (Å²) in [6, 6.07) is 10.1. The van der Waals surface area contributed by atoms with Crippen LogP contribution in [-0.2, 0) is 24.2 Å². The summed E-state index contributed by atoms with van der Waals surface area (Å²) in [5.74, 6) is -0.0254. The Morgan fingerprint density at radius 3 is 2.75 bits per heavy atom. The van der Waals surface area contributed by atoms with Gasteiger partial charge >= 0.3 is 6.03 Å². The molecule has 2 aliphatic rings. The van der Waals surface area contributed by atoms with Crippen molar-refractivity contribution >= 4 is 51.0 Å². The van der Waals surface area contributed by atoms with Gasteiger partial charge in [-0.15, -0.1) is 28.2 Å². The topological polar surface area (TPSA) is 94.0 Å². The lowest BCUT2D eigenvalue weighted by molar-refractivity contribution is 0.118. The maximum atomic E-state index is 15.1. The van der Waals surface area contributed by atoms with Gasteiger partial charge in [-0.2, -0.15) is 0 Å². The Balaban J connectivity index is 0.963. The van der Waals surface area contributed by atoms with Crippen LogP contribution in [0.3, 0.4) is 0 Å². The number of hydrogen-bond donors (Lipinski definition) is 1. The van der Waals surface area contributed by atoms with E-state index in [-0.39, 0.29) is 12.6 Å². The summed E-state index contributed by atoms with van der Waals surface area (Å²) in [6.07, 6.45) is 9.83. The fraction of sp³-hybridized carbons (Fsp3) is 0.293. The van der Waals surface area contributed by atoms with E-state index in [0.29, 0.717) is 80.9 Å². The van der Waals surface area contributed by atoms with Gasteiger partial charge in [-0.05, 0) is 52.4 Å². The van der Waals surface area contributed by atoms with Crippen LogP contribution in [0.15, 0.2) is 72.0 Å². The molecule has 0 atom stereocenters. The Labute approximate surface area is 327 Å². The maximum absolute atomic E-state index is 15.1. The minimum absolute atomic E-state index is 0.0992. The van der Waals surface area contributed by atoms with E-state index >= 15 is 4.39 Å². The molecule has 0 saturated heterocycles. The molecule has 7 rings (SSSR count). The minimum atomic E-state index is -0.594. The van der Waals surface area contributed by atoms with Crippen LogP contribution in [0.25, 0.3) is 38.5 Å². The summed E-state index contributed by atoms with van der Waals surface area (Å²) in [4.78, 5) is 21.4. The molecular weight excluding hydrogens is 743 g/mol. The third kappa shape index (κ3) is 8.26. The second-order valence-corrected chi connectivity index (χ2v) is 14.8. The van der Waals surface area contributed by atoms with E-state index < -0.39 is 11.6 Å². The number of nitrogens with zero attached hydrogens (tertiary/aromatic N) is 5. The van der Waals surface area contributed by atoms with Gasteiger partial charge in [-0.25, -0.2) is 13.6 Å². The molecular formula is C41H42F2N6O4S2. The van der Waals surface area contributed by atoms with E-state index in [0.717, 1.165) is 49.9 Å². The number of thiophene rings is 1. The molecule has 55 heavy (non-hydrogen) atoms. The van der Waals surface area contributed by atoms with Gasteiger partial charge < -0.3 is 29.3 Å². The highest BCUT2D eigenvalue weighted by Gasteiger charge is 2.30. The number of urea groups is 1. The largest absolute Gasteiger partial charge is 0.489 e. The fourth-order valence-electron chi connectivity index (χ4n) is 6.85. The van der Waals surface area contributed by atoms with E-state index in [2.05, 4.69) is 17.0 Å². The molecule has 2 amide bonds. The van der Waals surface area contributed by atoms with Crippen molar-refractivity contribution in [2.24, 2.45) is 0 Å². The molecule has 286 valence electrons. The van der Waals surface area contributed by atoms with Crippen molar-refractivity contribution in [2.45, 2.75) is 19.5 Å². The molecule has 0 saturated carbocycles. The van der Waals surface area contributed by atoms with Crippen molar-refractivity contribution in [1.29, 1.82) is 0 Å². The van der Waals surface area contributed by atoms with Gasteiger partial charge in [-0.1, -0.05) is 24.8 Å². The Bertz CT molecular complexity index is 2280. The maximum Gasteiger partial charge on any atom is 0.318 e. The van der Waals surface area contributed by atoms with Crippen LogP contribution in [0.1, 0.15) is 22.5 Å². The molecule has 2 aromatic carbocycles. The van der Waals surface area contributed by atoms with Crippen LogP contribution in [0.5, 0.6) is 11.6 Å². The summed E-state index contributed by atoms with van der Waals surface area (Å²) in [5, 5.41) is 12.2. The number of pyridine rings is 1. The van der Waals surface area contributed by atoms with Crippen LogP contribution in [0, 0.1) is 11.6 Å². The standard InChI is InChI=1S/C41H42F2N6O4S2/c1-5-26-20-31(39-30-9-18-55-40(30)38-33(45-39)21-27-19-28(42)22-32(43)37(27)38)35(24-34(26)47(2)3)52-14-7-6-13-51-15-16-53-36-23-29-25-48(11-12-49(29)46-36)41(50)44-10-8-17-54-4/h5-9,17-20,22-24H,1,10-16,21,25H2,2-4H3,(H,44,50)/b7-6+,17-8+. The van der Waals surface area contributed by atoms with E-state index in [1.54, 1.807) is 22.7 Å². The lowest BCUT2D eigenvalue weighted by Gasteiger charge is -2.27. The smallest absolute Gasteiger partial charge is 0.318 e. The normalized spacial score (nSPS) is 13.4. The Kier molecular flexibility index (Phi) is 11.8. The molecule has 4 heterocycles. The van der Waals surface area contributed by atoms with Crippen LogP contribution < -0.4 is 19.7 Å². The molecule has 0 fully saturated rings. The highest BCUT2D eigenvalue weighted by molar-refractivity contribution is 8.01. The van der Waals surface area contributed by atoms with E-state index in [9.17, 15) is 9.18 Å². The summed E-state index contributed by atoms with van der Waals surface area (Å²) < 4.78 is 50.0. The summed E-state index contributed by atoms with van der Waals surface area (Å²) in [6.45, 7) is 7.53. The quantitative estimate of drug-likeness (QED) is 0.0825. The van der Waals surface area contributed by atoms with Gasteiger partial charge in [0.25, 0.3) is 0 Å². The van der Waals surface area contributed by atoms with Crippen molar-refractivity contribution in [3.05, 3.63) is 106 Å². The zero-order valence-corrected chi connectivity index (χ0v) is 32.6. The van der Waals surface area contributed by atoms with Crippen molar-refractivity contribution in [1.82, 2.24) is 25.0 Å². The van der Waals surface area contributed by atoms with E-state index in [1.807, 2.05) is 83.2 Å². The van der Waals surface area contributed by atoms with Gasteiger partial charge in [0, 0.05) is 84.3 Å². The predicted molar refractivity (Wildman–Crippen MR) is 217 cm³/mol. The number of ether oxygens (including phenoxy) is 3. The number of carbonyl (C=O) groups is 1. The number of carbonyl (C=O) groups excluding carboxylic acids is 1. The lowest BCUT2D eigenvalue weighted by atomic mass is 9.99. The number of amides is 2. The summed E-state index contributed by atoms with van der Waals surface area (Å²) >= 11 is 3.11. The number of benzene rings is 2. The molecule has 14 heteroatoms. The average molecular weight is 785 g/mol. The summed E-state index contributed by atoms with van der Waals surface area (Å²) in [7, 11) is 3.93. The van der Waals surface area contributed by atoms with Crippen LogP contribution >= 0.6 is 23.1 Å². The number of nitrogens with one attached hydrogen (secondary N) is 1. The first kappa shape index (κ1) is 38.1. The van der Waals surface area contributed by atoms with Crippen LogP contribution in [0.4, 0.5) is 19.3 Å². The van der Waals surface area contributed by atoms with Gasteiger partial charge in [-0.3, -0.25) is 9.67 Å². The zero-order valence-electron chi connectivity index (χ0n) is 30.9. The highest BCUT2D eigenvalue weighted by Crippen LogP contribution is 2.48. The van der Waals surface area contributed by atoms with Gasteiger partial charge in [0.1, 0.15) is 30.6 Å². The van der Waals surface area contributed by atoms with Crippen LogP contribution in [0.2, 0.25) is 0 Å². The van der Waals surface area contributed by atoms with Crippen molar-refractivity contribution < 1.29 is 27.8 Å². The predicted octanol–water partition coefficient (Wildman–Crippen LogP) is 8.15. The Morgan fingerprint density at radius 2 is 1.93 bits per heavy atom. The molecule has 1 N–H and O–H groups in total. The third-order valence-electron chi connectivity index (χ3n) is 9.37. The molecule has 1 aliphatic carbocycles. The highest BCUT2D eigenvalue weighted by atomic mass is 32.2. The SMILES string of the molecule is C=Cc1cc(-c2nc3c(c4sccc24)-c2c(F)cc(F)cc2C3)c(OC/C=C/COCCOc2cc3n(n2)CCN(C(=O)NC/C=C/SC)C3)cc1N(C)C. The van der Waals surface area contributed by atoms with Gasteiger partial charge in [0.15, 0.2) is 0 Å². The number of anilines is 1. The van der Waals surface area contributed by atoms with Crippen molar-refractivity contribution in [3.8, 4) is 34.0 Å². The fourth-order valence-corrected chi connectivity index (χ4v) is 8.11. The Morgan fingerprint density at radius 1 is 1.07 bits per heavy atom. The lowest BCUT2D eigenvalue weighted by Crippen LogP contribution is -2.44. The molecule has 3 aromatic heterocycles. The van der Waals surface area contributed by atoms with E-state index in [4.69, 9.17) is 19.2 Å². The molecule has 0 unspecified atom stereocenters. The summed E-state index contributed by atoms with van der Waals surface area (Å²) in [5.41, 5.74) is 6.74. The van der Waals surface area contributed by atoms with Crippen molar-refractivity contribution in [2.75, 3.05) is 64.8 Å². The molecule has 1 aliphatic heterocycles. The number of thioether (sulfide) groups is 1. The first-order valence-electron chi connectivity index (χ1n) is 17.9. The zero-order chi connectivity index (χ0) is 38.5. The van der Waals surface area contributed by atoms with Gasteiger partial charge in [0.05, 0.1) is 43.4 Å². The average Bonchev–Trinajstić information content (AvgIpc) is 3.91. The number of hydrogen-bond acceptors (Lipinski definition) is 9. The minimum Gasteiger partial charge on any atom is -0.489 e. The second-order valence-electron chi connectivity index (χ2n) is 13.2. The molecule has 0 spiro atoms. The first-order valence-corrected chi connectivity index (χ1v) is 20.0. The number of fused-ring (bicyclic) bond motifs is 6. The first-order chi connectivity index (χ1) is 26.7. The molecule has 5 aromatic rings. The monoisotopic (exact) mass is 784 g/mol. The number of halogens is 2. The number of rotatable bonds is 15. The Hall–Kier alpha value is -5.18. The second kappa shape index (κ2) is 17.1. The van der Waals surface area contributed by atoms with Gasteiger partial charge in [0.2, 0.25) is 5.88 Å².